The fraction of sp³-hybridized carbons (Fsp3) is 0.500. The summed E-state index contributed by atoms with van der Waals surface area (Å²) in [6, 6.07) is 4.87. The van der Waals surface area contributed by atoms with Crippen LogP contribution >= 0.6 is 0 Å². The smallest absolute Gasteiger partial charge is 0.307 e. The number of sulfonamides is 1. The zero-order chi connectivity index (χ0) is 15.0. The summed E-state index contributed by atoms with van der Waals surface area (Å²) >= 11 is 0. The first kappa shape index (κ1) is 14.3. The summed E-state index contributed by atoms with van der Waals surface area (Å²) in [6.07, 6.45) is 2.04. The number of ether oxygens (including phenoxy) is 1. The number of carboxylic acids is 1. The Labute approximate surface area is 123 Å². The van der Waals surface area contributed by atoms with Crippen molar-refractivity contribution in [2.24, 2.45) is 5.92 Å². The van der Waals surface area contributed by atoms with Crippen molar-refractivity contribution in [1.29, 1.82) is 0 Å². The molecule has 1 fully saturated rings. The third-order valence-corrected chi connectivity index (χ3v) is 5.88. The molecule has 114 valence electrons. The van der Waals surface area contributed by atoms with Gasteiger partial charge < -0.3 is 9.84 Å². The van der Waals surface area contributed by atoms with Gasteiger partial charge >= 0.3 is 5.97 Å². The van der Waals surface area contributed by atoms with Crippen LogP contribution in [0.2, 0.25) is 0 Å². The normalized spacial score (nSPS) is 22.6. The van der Waals surface area contributed by atoms with Crippen LogP contribution in [-0.2, 0) is 21.2 Å². The Morgan fingerprint density at radius 2 is 2.19 bits per heavy atom. The first-order valence-corrected chi connectivity index (χ1v) is 8.41. The molecule has 1 unspecified atom stereocenters. The van der Waals surface area contributed by atoms with Crippen molar-refractivity contribution < 1.29 is 23.1 Å². The highest BCUT2D eigenvalue weighted by atomic mass is 32.2. The monoisotopic (exact) mass is 311 g/mol. The lowest BCUT2D eigenvalue weighted by molar-refractivity contribution is -0.141. The molecule has 0 saturated carbocycles. The molecule has 6 nitrogen and oxygen atoms in total. The van der Waals surface area contributed by atoms with E-state index in [0.717, 1.165) is 24.2 Å². The minimum Gasteiger partial charge on any atom is -0.493 e. The van der Waals surface area contributed by atoms with E-state index in [9.17, 15) is 13.2 Å². The average molecular weight is 311 g/mol. The lowest BCUT2D eigenvalue weighted by atomic mass is 10.1. The molecule has 0 radical (unpaired) electrons. The second kappa shape index (κ2) is 5.31. The van der Waals surface area contributed by atoms with Gasteiger partial charge in [0, 0.05) is 13.1 Å². The van der Waals surface area contributed by atoms with Crippen LogP contribution in [0.5, 0.6) is 5.75 Å². The Morgan fingerprint density at radius 1 is 1.38 bits per heavy atom. The van der Waals surface area contributed by atoms with E-state index in [4.69, 9.17) is 9.84 Å². The van der Waals surface area contributed by atoms with Crippen molar-refractivity contribution in [2.75, 3.05) is 19.7 Å². The molecule has 1 atom stereocenters. The number of hydrogen-bond acceptors (Lipinski definition) is 4. The van der Waals surface area contributed by atoms with E-state index < -0.39 is 21.9 Å². The lowest BCUT2D eigenvalue weighted by Gasteiger charge is -2.20. The van der Waals surface area contributed by atoms with Gasteiger partial charge in [0.1, 0.15) is 5.75 Å². The molecule has 2 aliphatic heterocycles. The molecule has 1 N–H and O–H groups in total. The van der Waals surface area contributed by atoms with Crippen molar-refractivity contribution in [1.82, 2.24) is 4.31 Å². The van der Waals surface area contributed by atoms with Crippen LogP contribution in [0.3, 0.4) is 0 Å². The van der Waals surface area contributed by atoms with Crippen LogP contribution in [0, 0.1) is 5.92 Å². The minimum absolute atomic E-state index is 0.0469. The maximum absolute atomic E-state index is 12.6. The summed E-state index contributed by atoms with van der Waals surface area (Å²) < 4.78 is 31.9. The van der Waals surface area contributed by atoms with Crippen LogP contribution < -0.4 is 4.74 Å². The number of hydrogen-bond donors (Lipinski definition) is 1. The largest absolute Gasteiger partial charge is 0.493 e. The van der Waals surface area contributed by atoms with Crippen LogP contribution in [0.15, 0.2) is 23.1 Å². The summed E-state index contributed by atoms with van der Waals surface area (Å²) in [6.45, 7) is 0.962. The Bertz CT molecular complexity index is 670. The molecule has 0 aromatic heterocycles. The minimum atomic E-state index is -3.62. The molecule has 3 rings (SSSR count). The Hall–Kier alpha value is -1.60. The predicted molar refractivity (Wildman–Crippen MR) is 74.8 cm³/mol. The Balaban J connectivity index is 1.87. The number of benzene rings is 1. The van der Waals surface area contributed by atoms with Gasteiger partial charge in [0.2, 0.25) is 10.0 Å². The second-order valence-electron chi connectivity index (χ2n) is 5.41. The van der Waals surface area contributed by atoms with Crippen LogP contribution in [0.4, 0.5) is 0 Å². The van der Waals surface area contributed by atoms with E-state index >= 15 is 0 Å². The van der Waals surface area contributed by atoms with Crippen LogP contribution in [0.1, 0.15) is 18.4 Å². The molecule has 0 aliphatic carbocycles. The zero-order valence-electron chi connectivity index (χ0n) is 11.5. The van der Waals surface area contributed by atoms with E-state index in [1.54, 1.807) is 12.1 Å². The molecule has 0 amide bonds. The fourth-order valence-corrected chi connectivity index (χ4v) is 4.35. The molecule has 2 aliphatic rings. The highest BCUT2D eigenvalue weighted by molar-refractivity contribution is 7.89. The fourth-order valence-electron chi connectivity index (χ4n) is 2.79. The summed E-state index contributed by atoms with van der Waals surface area (Å²) in [5.74, 6) is -0.808. The predicted octanol–water partition coefficient (Wildman–Crippen LogP) is 1.11. The highest BCUT2D eigenvalue weighted by Crippen LogP contribution is 2.30. The molecule has 1 aromatic carbocycles. The molecule has 21 heavy (non-hydrogen) atoms. The average Bonchev–Trinajstić information content (AvgIpc) is 2.97. The van der Waals surface area contributed by atoms with Gasteiger partial charge in [0.05, 0.1) is 17.4 Å². The van der Waals surface area contributed by atoms with Crippen molar-refractivity contribution in [3.8, 4) is 5.75 Å². The molecule has 0 bridgehead atoms. The number of carboxylic acid groups (broad SMARTS) is 1. The first-order valence-electron chi connectivity index (χ1n) is 6.97. The van der Waals surface area contributed by atoms with Crippen LogP contribution in [-0.4, -0.2) is 43.5 Å². The quantitative estimate of drug-likeness (QED) is 0.904. The van der Waals surface area contributed by atoms with E-state index in [2.05, 4.69) is 0 Å². The number of carbonyl (C=O) groups is 1. The maximum atomic E-state index is 12.6. The highest BCUT2D eigenvalue weighted by Gasteiger charge is 2.36. The van der Waals surface area contributed by atoms with Crippen molar-refractivity contribution >= 4 is 16.0 Å². The van der Waals surface area contributed by atoms with E-state index in [0.29, 0.717) is 13.0 Å². The molecule has 0 spiro atoms. The summed E-state index contributed by atoms with van der Waals surface area (Å²) in [5.41, 5.74) is 0.899. The number of aryl methyl sites for hydroxylation is 1. The summed E-state index contributed by atoms with van der Waals surface area (Å²) in [4.78, 5) is 11.2. The number of aliphatic carboxylic acids is 1. The van der Waals surface area contributed by atoms with Gasteiger partial charge in [-0.3, -0.25) is 4.79 Å². The second-order valence-corrected chi connectivity index (χ2v) is 7.35. The van der Waals surface area contributed by atoms with Crippen molar-refractivity contribution in [3.05, 3.63) is 23.8 Å². The van der Waals surface area contributed by atoms with Gasteiger partial charge in [-0.05, 0) is 43.0 Å². The van der Waals surface area contributed by atoms with E-state index in [-0.39, 0.29) is 18.0 Å². The van der Waals surface area contributed by atoms with Gasteiger partial charge in [-0.25, -0.2) is 8.42 Å². The first-order chi connectivity index (χ1) is 9.98. The topological polar surface area (TPSA) is 83.9 Å². The number of rotatable bonds is 3. The summed E-state index contributed by atoms with van der Waals surface area (Å²) in [7, 11) is -3.62. The maximum Gasteiger partial charge on any atom is 0.307 e. The standard InChI is InChI=1S/C14H17NO5S/c16-14(17)11-5-6-15(9-11)21(18,19)12-3-4-13-10(8-12)2-1-7-20-13/h3-4,8,11H,1-2,5-7,9H2,(H,16,17). The molecular weight excluding hydrogens is 294 g/mol. The third-order valence-electron chi connectivity index (χ3n) is 4.02. The zero-order valence-corrected chi connectivity index (χ0v) is 12.3. The van der Waals surface area contributed by atoms with E-state index in [1.807, 2.05) is 0 Å². The van der Waals surface area contributed by atoms with Gasteiger partial charge in [-0.15, -0.1) is 0 Å². The molecule has 1 saturated heterocycles. The van der Waals surface area contributed by atoms with Gasteiger partial charge in [0.15, 0.2) is 0 Å². The Kier molecular flexibility index (Phi) is 3.62. The number of fused-ring (bicyclic) bond motifs is 1. The van der Waals surface area contributed by atoms with Crippen molar-refractivity contribution in [3.63, 3.8) is 0 Å². The SMILES string of the molecule is O=C(O)C1CCN(S(=O)(=O)c2ccc3c(c2)CCCO3)C1. The molecular formula is C14H17NO5S. The lowest BCUT2D eigenvalue weighted by Crippen LogP contribution is -2.30. The summed E-state index contributed by atoms with van der Waals surface area (Å²) in [5, 5.41) is 8.99. The van der Waals surface area contributed by atoms with Gasteiger partial charge in [0.25, 0.3) is 0 Å². The van der Waals surface area contributed by atoms with Gasteiger partial charge in [-0.1, -0.05) is 0 Å². The number of nitrogens with zero attached hydrogens (tertiary/aromatic N) is 1. The van der Waals surface area contributed by atoms with E-state index in [1.165, 1.54) is 10.4 Å². The molecule has 7 heteroatoms. The molecule has 1 aromatic rings. The van der Waals surface area contributed by atoms with Crippen molar-refractivity contribution in [2.45, 2.75) is 24.2 Å². The Morgan fingerprint density at radius 3 is 2.90 bits per heavy atom. The van der Waals surface area contributed by atoms with Crippen LogP contribution in [0.25, 0.3) is 0 Å². The van der Waals surface area contributed by atoms with Gasteiger partial charge in [-0.2, -0.15) is 4.31 Å². The third kappa shape index (κ3) is 2.63. The molecule has 2 heterocycles.